The van der Waals surface area contributed by atoms with Crippen LogP contribution in [-0.4, -0.2) is 20.6 Å². The summed E-state index contributed by atoms with van der Waals surface area (Å²) in [7, 11) is 0. The molecule has 0 aromatic carbocycles. The first kappa shape index (κ1) is 10.4. The number of amidine groups is 1. The smallest absolute Gasteiger partial charge is 0.164 e. The molecule has 0 bridgehead atoms. The Morgan fingerprint density at radius 3 is 2.69 bits per heavy atom. The molecule has 0 radical (unpaired) electrons. The predicted molar refractivity (Wildman–Crippen MR) is 61.8 cm³/mol. The molecule has 0 saturated carbocycles. The number of hydrogen-bond donors (Lipinski definition) is 2. The van der Waals surface area contributed by atoms with E-state index in [4.69, 9.17) is 11.1 Å². The molecule has 0 aliphatic carbocycles. The summed E-state index contributed by atoms with van der Waals surface area (Å²) >= 11 is 0. The van der Waals surface area contributed by atoms with Gasteiger partial charge in [0.1, 0.15) is 5.84 Å². The molecule has 2 rings (SSSR count). The molecule has 0 saturated heterocycles. The lowest BCUT2D eigenvalue weighted by molar-refractivity contribution is 0.828. The minimum absolute atomic E-state index is 0.00810. The van der Waals surface area contributed by atoms with Gasteiger partial charge in [-0.2, -0.15) is 5.10 Å². The summed E-state index contributed by atoms with van der Waals surface area (Å²) in [5, 5.41) is 11.8. The van der Waals surface area contributed by atoms with Gasteiger partial charge in [0, 0.05) is 12.4 Å². The van der Waals surface area contributed by atoms with Gasteiger partial charge in [-0.3, -0.25) is 5.41 Å². The third-order valence-corrected chi connectivity index (χ3v) is 2.35. The SMILES string of the molecule is Cc1ccn(-c2nccc(C)c2C(=N)N)n1. The van der Waals surface area contributed by atoms with Crippen LogP contribution >= 0.6 is 0 Å². The van der Waals surface area contributed by atoms with E-state index in [0.717, 1.165) is 11.3 Å². The quantitative estimate of drug-likeness (QED) is 0.582. The minimum atomic E-state index is 0.00810. The van der Waals surface area contributed by atoms with E-state index in [1.54, 1.807) is 10.9 Å². The normalized spacial score (nSPS) is 10.4. The van der Waals surface area contributed by atoms with E-state index in [2.05, 4.69) is 10.1 Å². The second-order valence-corrected chi connectivity index (χ2v) is 3.64. The molecule has 0 spiro atoms. The second-order valence-electron chi connectivity index (χ2n) is 3.64. The first-order valence-electron chi connectivity index (χ1n) is 4.92. The predicted octanol–water partition coefficient (Wildman–Crippen LogP) is 1.17. The van der Waals surface area contributed by atoms with Crippen LogP contribution < -0.4 is 5.73 Å². The molecule has 0 aliphatic heterocycles. The average Bonchev–Trinajstić information content (AvgIpc) is 2.63. The highest BCUT2D eigenvalue weighted by Crippen LogP contribution is 2.14. The fourth-order valence-electron chi connectivity index (χ4n) is 1.58. The summed E-state index contributed by atoms with van der Waals surface area (Å²) < 4.78 is 1.64. The number of aryl methyl sites for hydroxylation is 2. The summed E-state index contributed by atoms with van der Waals surface area (Å²) in [6.45, 7) is 3.80. The summed E-state index contributed by atoms with van der Waals surface area (Å²) in [6.07, 6.45) is 3.50. The van der Waals surface area contributed by atoms with Crippen LogP contribution in [-0.2, 0) is 0 Å². The zero-order chi connectivity index (χ0) is 11.7. The van der Waals surface area contributed by atoms with Gasteiger partial charge < -0.3 is 5.73 Å². The van der Waals surface area contributed by atoms with Crippen LogP contribution in [0.25, 0.3) is 5.82 Å². The van der Waals surface area contributed by atoms with Crippen molar-refractivity contribution in [2.45, 2.75) is 13.8 Å². The number of aromatic nitrogens is 3. The van der Waals surface area contributed by atoms with E-state index < -0.39 is 0 Å². The molecule has 2 heterocycles. The average molecular weight is 215 g/mol. The van der Waals surface area contributed by atoms with E-state index in [-0.39, 0.29) is 5.84 Å². The van der Waals surface area contributed by atoms with Crippen LogP contribution in [0.1, 0.15) is 16.8 Å². The summed E-state index contributed by atoms with van der Waals surface area (Å²) in [5.41, 5.74) is 8.01. The van der Waals surface area contributed by atoms with E-state index in [1.807, 2.05) is 32.2 Å². The number of hydrogen-bond acceptors (Lipinski definition) is 3. The Balaban J connectivity index is 2.65. The van der Waals surface area contributed by atoms with Crippen molar-refractivity contribution in [3.8, 4) is 5.82 Å². The Kier molecular flexibility index (Phi) is 2.44. The van der Waals surface area contributed by atoms with E-state index in [1.165, 1.54) is 0 Å². The maximum Gasteiger partial charge on any atom is 0.164 e. The Morgan fingerprint density at radius 1 is 1.38 bits per heavy atom. The zero-order valence-electron chi connectivity index (χ0n) is 9.23. The summed E-state index contributed by atoms with van der Waals surface area (Å²) in [5.74, 6) is 0.606. The lowest BCUT2D eigenvalue weighted by atomic mass is 10.1. The Bertz CT molecular complexity index is 541. The molecular weight excluding hydrogens is 202 g/mol. The Hall–Kier alpha value is -2.17. The molecule has 3 N–H and O–H groups in total. The molecule has 0 unspecified atom stereocenters. The van der Waals surface area contributed by atoms with Crippen molar-refractivity contribution in [1.29, 1.82) is 5.41 Å². The number of nitrogens with two attached hydrogens (primary N) is 1. The highest BCUT2D eigenvalue weighted by molar-refractivity contribution is 5.99. The fraction of sp³-hybridized carbons (Fsp3) is 0.182. The molecule has 16 heavy (non-hydrogen) atoms. The molecule has 2 aromatic heterocycles. The lowest BCUT2D eigenvalue weighted by Crippen LogP contribution is -2.18. The van der Waals surface area contributed by atoms with Crippen molar-refractivity contribution >= 4 is 5.84 Å². The van der Waals surface area contributed by atoms with Gasteiger partial charge in [-0.05, 0) is 31.5 Å². The molecule has 2 aromatic rings. The van der Waals surface area contributed by atoms with Crippen molar-refractivity contribution in [3.05, 3.63) is 41.3 Å². The van der Waals surface area contributed by atoms with Crippen LogP contribution in [0.5, 0.6) is 0 Å². The highest BCUT2D eigenvalue weighted by atomic mass is 15.3. The van der Waals surface area contributed by atoms with Crippen molar-refractivity contribution in [2.75, 3.05) is 0 Å². The van der Waals surface area contributed by atoms with Crippen LogP contribution in [0.2, 0.25) is 0 Å². The zero-order valence-corrected chi connectivity index (χ0v) is 9.23. The van der Waals surface area contributed by atoms with E-state index in [0.29, 0.717) is 11.4 Å². The second kappa shape index (κ2) is 3.77. The van der Waals surface area contributed by atoms with Gasteiger partial charge in [0.25, 0.3) is 0 Å². The molecule has 0 amide bonds. The van der Waals surface area contributed by atoms with Crippen LogP contribution in [0, 0.1) is 19.3 Å². The fourth-order valence-corrected chi connectivity index (χ4v) is 1.58. The number of rotatable bonds is 2. The highest BCUT2D eigenvalue weighted by Gasteiger charge is 2.12. The molecule has 0 fully saturated rings. The largest absolute Gasteiger partial charge is 0.384 e. The molecule has 5 heteroatoms. The number of nitrogen functional groups attached to an aromatic ring is 1. The van der Waals surface area contributed by atoms with E-state index >= 15 is 0 Å². The molecular formula is C11H13N5. The van der Waals surface area contributed by atoms with Gasteiger partial charge in [-0.25, -0.2) is 9.67 Å². The van der Waals surface area contributed by atoms with Gasteiger partial charge >= 0.3 is 0 Å². The summed E-state index contributed by atoms with van der Waals surface area (Å²) in [6, 6.07) is 3.71. The standard InChI is InChI=1S/C11H13N5/c1-7-3-5-14-11(9(7)10(12)13)16-6-4-8(2)15-16/h3-6H,1-2H3,(H3,12,13). The molecule has 82 valence electrons. The van der Waals surface area contributed by atoms with Crippen molar-refractivity contribution < 1.29 is 0 Å². The number of nitrogens with zero attached hydrogens (tertiary/aromatic N) is 3. The molecule has 0 atom stereocenters. The summed E-state index contributed by atoms with van der Waals surface area (Å²) in [4.78, 5) is 4.22. The van der Waals surface area contributed by atoms with Gasteiger partial charge in [0.15, 0.2) is 5.82 Å². The molecule has 0 aliphatic rings. The van der Waals surface area contributed by atoms with Gasteiger partial charge in [0.05, 0.1) is 11.3 Å². The van der Waals surface area contributed by atoms with Crippen LogP contribution in [0.4, 0.5) is 0 Å². The first-order chi connectivity index (χ1) is 7.59. The molecule has 5 nitrogen and oxygen atoms in total. The first-order valence-corrected chi connectivity index (χ1v) is 4.92. The monoisotopic (exact) mass is 215 g/mol. The van der Waals surface area contributed by atoms with E-state index in [9.17, 15) is 0 Å². The van der Waals surface area contributed by atoms with Crippen molar-refractivity contribution in [2.24, 2.45) is 5.73 Å². The number of pyridine rings is 1. The van der Waals surface area contributed by atoms with Crippen LogP contribution in [0.15, 0.2) is 24.5 Å². The van der Waals surface area contributed by atoms with Gasteiger partial charge in [-0.15, -0.1) is 0 Å². The third kappa shape index (κ3) is 1.67. The van der Waals surface area contributed by atoms with Crippen LogP contribution in [0.3, 0.4) is 0 Å². The minimum Gasteiger partial charge on any atom is -0.384 e. The maximum atomic E-state index is 7.57. The van der Waals surface area contributed by atoms with Gasteiger partial charge in [-0.1, -0.05) is 0 Å². The number of nitrogens with one attached hydrogen (secondary N) is 1. The third-order valence-electron chi connectivity index (χ3n) is 2.35. The van der Waals surface area contributed by atoms with Gasteiger partial charge in [0.2, 0.25) is 0 Å². The maximum absolute atomic E-state index is 7.57. The van der Waals surface area contributed by atoms with Crippen molar-refractivity contribution in [3.63, 3.8) is 0 Å². The van der Waals surface area contributed by atoms with Crippen molar-refractivity contribution in [1.82, 2.24) is 14.8 Å². The topological polar surface area (TPSA) is 80.6 Å². The lowest BCUT2D eigenvalue weighted by Gasteiger charge is -2.09. The Morgan fingerprint density at radius 2 is 2.12 bits per heavy atom. The Labute approximate surface area is 93.4 Å².